The molecule has 9 nitrogen and oxygen atoms in total. The van der Waals surface area contributed by atoms with Crippen molar-refractivity contribution in [2.75, 3.05) is 27.0 Å². The number of fused-ring (bicyclic) bond motifs is 1. The number of ether oxygens (including phenoxy) is 2. The zero-order valence-corrected chi connectivity index (χ0v) is 29.1. The fourth-order valence-corrected chi connectivity index (χ4v) is 11.8. The maximum Gasteiger partial charge on any atom is 0.261 e. The first-order chi connectivity index (χ1) is 21.1. The molecule has 12 heteroatoms. The van der Waals surface area contributed by atoms with Crippen LogP contribution in [0.25, 0.3) is 11.2 Å². The quantitative estimate of drug-likeness (QED) is 0.0635. The number of imidazole rings is 1. The number of aliphatic imine (C=N–C) groups is 1. The van der Waals surface area contributed by atoms with Gasteiger partial charge in [0.05, 0.1) is 25.4 Å². The second-order valence-electron chi connectivity index (χ2n) is 12.1. The van der Waals surface area contributed by atoms with E-state index in [4.69, 9.17) is 13.9 Å². The van der Waals surface area contributed by atoms with E-state index in [1.165, 1.54) is 16.7 Å². The minimum Gasteiger partial charge on any atom is -0.405 e. The molecule has 0 radical (unpaired) electrons. The van der Waals surface area contributed by atoms with E-state index < -0.39 is 8.32 Å². The van der Waals surface area contributed by atoms with Gasteiger partial charge in [-0.3, -0.25) is 4.57 Å². The summed E-state index contributed by atoms with van der Waals surface area (Å²) in [6, 6.07) is 21.4. The van der Waals surface area contributed by atoms with Crippen molar-refractivity contribution in [2.45, 2.75) is 63.0 Å². The maximum absolute atomic E-state index is 7.30. The summed E-state index contributed by atoms with van der Waals surface area (Å²) in [6.07, 6.45) is 6.89. The molecule has 0 N–H and O–H groups in total. The summed E-state index contributed by atoms with van der Waals surface area (Å²) < 4.78 is 22.7. The normalized spacial score (nSPS) is 20.0. The summed E-state index contributed by atoms with van der Waals surface area (Å²) in [5.74, 6) is 0.518. The lowest BCUT2D eigenvalue weighted by atomic mass is 10.2. The SMILES string of the molecule is CSS[C@H](C)O[C@@H]1C[C@H](n2cnc3c(N=CN(C)C)ncnc32)O[C@@H]1CO[Si](c1ccccc1)(c1ccccc1)C(C)(C)C. The number of hydrogen-bond acceptors (Lipinski definition) is 9. The van der Waals surface area contributed by atoms with Crippen LogP contribution in [0.5, 0.6) is 0 Å². The summed E-state index contributed by atoms with van der Waals surface area (Å²) in [5.41, 5.74) is 1.29. The van der Waals surface area contributed by atoms with Crippen LogP contribution in [-0.2, 0) is 13.9 Å². The van der Waals surface area contributed by atoms with Gasteiger partial charge in [0, 0.05) is 20.5 Å². The first-order valence-corrected chi connectivity index (χ1v) is 19.3. The lowest BCUT2D eigenvalue weighted by molar-refractivity contribution is -0.0599. The van der Waals surface area contributed by atoms with Crippen molar-refractivity contribution in [3.63, 3.8) is 0 Å². The van der Waals surface area contributed by atoms with Gasteiger partial charge in [0.15, 0.2) is 17.0 Å². The van der Waals surface area contributed by atoms with Gasteiger partial charge < -0.3 is 18.8 Å². The molecule has 1 saturated heterocycles. The minimum absolute atomic E-state index is 0.0125. The molecule has 2 aromatic heterocycles. The third kappa shape index (κ3) is 6.90. The van der Waals surface area contributed by atoms with E-state index in [-0.39, 0.29) is 28.9 Å². The molecule has 3 heterocycles. The van der Waals surface area contributed by atoms with Crippen molar-refractivity contribution in [3.8, 4) is 0 Å². The lowest BCUT2D eigenvalue weighted by Gasteiger charge is -2.43. The van der Waals surface area contributed by atoms with Gasteiger partial charge in [-0.25, -0.2) is 19.9 Å². The van der Waals surface area contributed by atoms with E-state index in [9.17, 15) is 0 Å². The number of benzene rings is 2. The molecule has 5 rings (SSSR count). The van der Waals surface area contributed by atoms with Crippen molar-refractivity contribution in [2.24, 2.45) is 4.99 Å². The van der Waals surface area contributed by atoms with Gasteiger partial charge in [-0.2, -0.15) is 0 Å². The Morgan fingerprint density at radius 1 is 1.07 bits per heavy atom. The van der Waals surface area contributed by atoms with Crippen LogP contribution in [0.15, 0.2) is 78.3 Å². The number of rotatable bonds is 12. The smallest absolute Gasteiger partial charge is 0.261 e. The molecular weight excluding hydrogens is 609 g/mol. The fraction of sp³-hybridized carbons (Fsp3) is 0.438. The van der Waals surface area contributed by atoms with E-state index in [1.54, 1.807) is 34.3 Å². The highest BCUT2D eigenvalue weighted by Crippen LogP contribution is 2.40. The molecule has 0 amide bonds. The van der Waals surface area contributed by atoms with Gasteiger partial charge in [-0.1, -0.05) is 103 Å². The van der Waals surface area contributed by atoms with Crippen LogP contribution in [0.1, 0.15) is 40.3 Å². The van der Waals surface area contributed by atoms with E-state index in [1.807, 2.05) is 23.6 Å². The van der Waals surface area contributed by atoms with Crippen LogP contribution in [-0.4, -0.2) is 83.7 Å². The topological polar surface area (TPSA) is 86.9 Å². The van der Waals surface area contributed by atoms with Crippen molar-refractivity contribution < 1.29 is 13.9 Å². The molecule has 1 aliphatic heterocycles. The molecule has 4 aromatic rings. The highest BCUT2D eigenvalue weighted by atomic mass is 33.1. The Hall–Kier alpha value is -2.74. The minimum atomic E-state index is -2.76. The summed E-state index contributed by atoms with van der Waals surface area (Å²) >= 11 is 0. The van der Waals surface area contributed by atoms with Crippen LogP contribution in [0.3, 0.4) is 0 Å². The molecule has 234 valence electrons. The number of aromatic nitrogens is 4. The first-order valence-electron chi connectivity index (χ1n) is 14.8. The summed E-state index contributed by atoms with van der Waals surface area (Å²) in [4.78, 5) is 19.9. The second kappa shape index (κ2) is 14.1. The van der Waals surface area contributed by atoms with Crippen molar-refractivity contribution >= 4 is 63.6 Å². The van der Waals surface area contributed by atoms with Gasteiger partial charge in [-0.15, -0.1) is 0 Å². The lowest BCUT2D eigenvalue weighted by Crippen LogP contribution is -2.67. The third-order valence-electron chi connectivity index (χ3n) is 7.72. The Labute approximate surface area is 269 Å². The highest BCUT2D eigenvalue weighted by Gasteiger charge is 2.51. The van der Waals surface area contributed by atoms with Crippen molar-refractivity contribution in [1.29, 1.82) is 0 Å². The predicted octanol–water partition coefficient (Wildman–Crippen LogP) is 5.65. The van der Waals surface area contributed by atoms with Gasteiger partial charge in [0.2, 0.25) is 0 Å². The van der Waals surface area contributed by atoms with Gasteiger partial charge in [0.25, 0.3) is 8.32 Å². The Morgan fingerprint density at radius 3 is 2.32 bits per heavy atom. The van der Waals surface area contributed by atoms with Crippen LogP contribution in [0, 0.1) is 0 Å². The average molecular weight is 651 g/mol. The monoisotopic (exact) mass is 650 g/mol. The maximum atomic E-state index is 7.30. The van der Waals surface area contributed by atoms with E-state index >= 15 is 0 Å². The van der Waals surface area contributed by atoms with Crippen LogP contribution in [0.2, 0.25) is 5.04 Å². The molecule has 0 aliphatic carbocycles. The van der Waals surface area contributed by atoms with Gasteiger partial charge in [-0.05, 0) is 28.6 Å². The molecule has 1 fully saturated rings. The third-order valence-corrected chi connectivity index (χ3v) is 14.7. The molecule has 0 unspecified atom stereocenters. The average Bonchev–Trinajstić information content (AvgIpc) is 3.61. The molecule has 0 saturated carbocycles. The van der Waals surface area contributed by atoms with E-state index in [0.29, 0.717) is 30.0 Å². The molecule has 2 aromatic carbocycles. The van der Waals surface area contributed by atoms with Crippen molar-refractivity contribution in [3.05, 3.63) is 73.3 Å². The van der Waals surface area contributed by atoms with Gasteiger partial charge >= 0.3 is 0 Å². The highest BCUT2D eigenvalue weighted by molar-refractivity contribution is 8.76. The van der Waals surface area contributed by atoms with Crippen LogP contribution >= 0.6 is 21.6 Å². The van der Waals surface area contributed by atoms with Crippen molar-refractivity contribution in [1.82, 2.24) is 24.4 Å². The summed E-state index contributed by atoms with van der Waals surface area (Å²) in [5, 5.41) is 2.33. The number of hydrogen-bond donors (Lipinski definition) is 0. The zero-order valence-electron chi connectivity index (χ0n) is 26.5. The summed E-state index contributed by atoms with van der Waals surface area (Å²) in [7, 11) is 4.46. The van der Waals surface area contributed by atoms with E-state index in [2.05, 4.69) is 115 Å². The predicted molar refractivity (Wildman–Crippen MR) is 185 cm³/mol. The Bertz CT molecular complexity index is 1490. The molecule has 4 atom stereocenters. The molecule has 1 aliphatic rings. The van der Waals surface area contributed by atoms with Crippen LogP contribution in [0.4, 0.5) is 5.82 Å². The molecule has 0 spiro atoms. The molecule has 44 heavy (non-hydrogen) atoms. The Kier molecular flexibility index (Phi) is 10.5. The molecular formula is C32H42N6O3S2Si. The van der Waals surface area contributed by atoms with E-state index in [0.717, 1.165) is 0 Å². The largest absolute Gasteiger partial charge is 0.405 e. The fourth-order valence-electron chi connectivity index (χ4n) is 5.85. The van der Waals surface area contributed by atoms with Gasteiger partial charge in [0.1, 0.15) is 24.1 Å². The standard InChI is InChI=1S/C32H42N6O3S2Si/c1-23(43-42-7)40-26-18-28(38-22-35-29-30(36-21-37(5)6)33-20-34-31(29)38)41-27(26)19-39-44(32(2,3)4,24-14-10-8-11-15-24)25-16-12-9-13-17-25/h8-17,20-23,26-28H,18-19H2,1-7H3/t23-,26-,27-,28-/m1/s1. The zero-order chi connectivity index (χ0) is 31.3. The first kappa shape index (κ1) is 32.6. The Morgan fingerprint density at radius 2 is 1.73 bits per heavy atom. The summed E-state index contributed by atoms with van der Waals surface area (Å²) in [6.45, 7) is 9.34. The second-order valence-corrected chi connectivity index (χ2v) is 19.1. The molecule has 0 bridgehead atoms. The Balaban J connectivity index is 1.48. The van der Waals surface area contributed by atoms with Crippen LogP contribution < -0.4 is 10.4 Å². The number of nitrogens with zero attached hydrogens (tertiary/aromatic N) is 6.